The van der Waals surface area contributed by atoms with E-state index < -0.39 is 0 Å². The third-order valence-electron chi connectivity index (χ3n) is 2.17. The van der Waals surface area contributed by atoms with Gasteiger partial charge >= 0.3 is 0 Å². The maximum atomic E-state index is 5.85. The molecule has 0 aliphatic carbocycles. The first-order valence-corrected chi connectivity index (χ1v) is 4.76. The maximum absolute atomic E-state index is 5.85. The molecule has 1 aromatic carbocycles. The zero-order valence-corrected chi connectivity index (χ0v) is 8.88. The fourth-order valence-corrected chi connectivity index (χ4v) is 1.44. The summed E-state index contributed by atoms with van der Waals surface area (Å²) < 4.78 is 1.78. The van der Waals surface area contributed by atoms with Gasteiger partial charge in [0.25, 0.3) is 0 Å². The lowest BCUT2D eigenvalue weighted by molar-refractivity contribution is 0.866. The van der Waals surface area contributed by atoms with E-state index in [1.54, 1.807) is 4.68 Å². The van der Waals surface area contributed by atoms with Crippen molar-refractivity contribution < 1.29 is 0 Å². The molecule has 4 nitrogen and oxygen atoms in total. The molecular weight excluding hydrogens is 188 g/mol. The van der Waals surface area contributed by atoms with Crippen molar-refractivity contribution >= 4 is 11.5 Å². The highest BCUT2D eigenvalue weighted by Gasteiger charge is 2.07. The van der Waals surface area contributed by atoms with Gasteiger partial charge in [-0.3, -0.25) is 0 Å². The Labute approximate surface area is 88.9 Å². The molecule has 0 amide bonds. The predicted octanol–water partition coefficient (Wildman–Crippen LogP) is 1.52. The van der Waals surface area contributed by atoms with E-state index in [-0.39, 0.29) is 0 Å². The Kier molecular flexibility index (Phi) is 2.33. The van der Waals surface area contributed by atoms with Crippen LogP contribution >= 0.6 is 0 Å². The number of nitrogens with two attached hydrogens (primary N) is 1. The number of benzene rings is 1. The molecule has 0 unspecified atom stereocenters. The molecule has 15 heavy (non-hydrogen) atoms. The number of para-hydroxylation sites is 1. The highest BCUT2D eigenvalue weighted by Crippen LogP contribution is 2.20. The fourth-order valence-electron chi connectivity index (χ4n) is 1.44. The molecule has 2 aromatic rings. The van der Waals surface area contributed by atoms with Gasteiger partial charge in [-0.05, 0) is 12.1 Å². The minimum atomic E-state index is 0.684. The Hall–Kier alpha value is -1.97. The summed E-state index contributed by atoms with van der Waals surface area (Å²) in [6.45, 7) is 0. The highest BCUT2D eigenvalue weighted by atomic mass is 15.3. The standard InChI is InChI=1S/C11H14N4/c1-14(2)11-10(12)8-15(13-11)9-6-4-3-5-7-9/h3-8H,12H2,1-2H3. The normalized spacial score (nSPS) is 10.3. The summed E-state index contributed by atoms with van der Waals surface area (Å²) in [5, 5.41) is 4.40. The Morgan fingerprint density at radius 2 is 1.87 bits per heavy atom. The van der Waals surface area contributed by atoms with E-state index in [9.17, 15) is 0 Å². The Morgan fingerprint density at radius 3 is 2.40 bits per heavy atom. The minimum absolute atomic E-state index is 0.684. The van der Waals surface area contributed by atoms with Crippen LogP contribution in [0.3, 0.4) is 0 Å². The first-order chi connectivity index (χ1) is 7.18. The molecule has 0 aliphatic rings. The molecule has 2 N–H and O–H groups in total. The largest absolute Gasteiger partial charge is 0.394 e. The van der Waals surface area contributed by atoms with Crippen LogP contribution in [-0.2, 0) is 0 Å². The Balaban J connectivity index is 2.43. The van der Waals surface area contributed by atoms with Crippen LogP contribution in [0.25, 0.3) is 5.69 Å². The van der Waals surface area contributed by atoms with Crippen LogP contribution in [0.1, 0.15) is 0 Å². The van der Waals surface area contributed by atoms with Crippen LogP contribution in [-0.4, -0.2) is 23.9 Å². The van der Waals surface area contributed by atoms with Crippen molar-refractivity contribution in [2.75, 3.05) is 24.7 Å². The van der Waals surface area contributed by atoms with Gasteiger partial charge in [-0.1, -0.05) is 18.2 Å². The van der Waals surface area contributed by atoms with Gasteiger partial charge in [0.2, 0.25) is 0 Å². The Morgan fingerprint density at radius 1 is 1.20 bits per heavy atom. The molecule has 0 aliphatic heterocycles. The number of nitrogens with zero attached hydrogens (tertiary/aromatic N) is 3. The van der Waals surface area contributed by atoms with Crippen molar-refractivity contribution in [3.63, 3.8) is 0 Å². The molecule has 0 atom stereocenters. The number of aromatic nitrogens is 2. The Bertz CT molecular complexity index is 445. The monoisotopic (exact) mass is 202 g/mol. The lowest BCUT2D eigenvalue weighted by atomic mass is 10.3. The highest BCUT2D eigenvalue weighted by molar-refractivity contribution is 5.62. The third-order valence-corrected chi connectivity index (χ3v) is 2.17. The van der Waals surface area contributed by atoms with Crippen LogP contribution in [0.15, 0.2) is 36.5 Å². The van der Waals surface area contributed by atoms with E-state index in [0.717, 1.165) is 11.5 Å². The van der Waals surface area contributed by atoms with Gasteiger partial charge in [0.15, 0.2) is 5.82 Å². The molecular formula is C11H14N4. The average Bonchev–Trinajstić information content (AvgIpc) is 2.62. The number of rotatable bonds is 2. The number of hydrogen-bond donors (Lipinski definition) is 1. The van der Waals surface area contributed by atoms with E-state index in [1.807, 2.05) is 55.5 Å². The van der Waals surface area contributed by atoms with Crippen LogP contribution in [0.4, 0.5) is 11.5 Å². The van der Waals surface area contributed by atoms with E-state index in [2.05, 4.69) is 5.10 Å². The summed E-state index contributed by atoms with van der Waals surface area (Å²) in [4.78, 5) is 1.90. The fraction of sp³-hybridized carbons (Fsp3) is 0.182. The average molecular weight is 202 g/mol. The van der Waals surface area contributed by atoms with E-state index in [4.69, 9.17) is 5.73 Å². The predicted molar refractivity (Wildman–Crippen MR) is 62.3 cm³/mol. The first-order valence-electron chi connectivity index (χ1n) is 4.76. The van der Waals surface area contributed by atoms with Crippen molar-refractivity contribution in [2.45, 2.75) is 0 Å². The van der Waals surface area contributed by atoms with E-state index >= 15 is 0 Å². The summed E-state index contributed by atoms with van der Waals surface area (Å²) in [5.74, 6) is 0.791. The maximum Gasteiger partial charge on any atom is 0.173 e. The van der Waals surface area contributed by atoms with E-state index in [0.29, 0.717) is 5.69 Å². The minimum Gasteiger partial charge on any atom is -0.394 e. The molecule has 0 radical (unpaired) electrons. The molecule has 1 heterocycles. The van der Waals surface area contributed by atoms with Crippen LogP contribution < -0.4 is 10.6 Å². The van der Waals surface area contributed by atoms with Crippen molar-refractivity contribution in [2.24, 2.45) is 0 Å². The van der Waals surface area contributed by atoms with Gasteiger partial charge in [0, 0.05) is 14.1 Å². The van der Waals surface area contributed by atoms with Crippen LogP contribution in [0.2, 0.25) is 0 Å². The first kappa shape index (κ1) is 9.58. The summed E-state index contributed by atoms with van der Waals surface area (Å²) in [6, 6.07) is 9.91. The van der Waals surface area contributed by atoms with Gasteiger partial charge < -0.3 is 10.6 Å². The number of nitrogen functional groups attached to an aromatic ring is 1. The van der Waals surface area contributed by atoms with Gasteiger partial charge in [-0.15, -0.1) is 5.10 Å². The van der Waals surface area contributed by atoms with Crippen molar-refractivity contribution in [3.05, 3.63) is 36.5 Å². The van der Waals surface area contributed by atoms with Crippen molar-refractivity contribution in [1.82, 2.24) is 9.78 Å². The quantitative estimate of drug-likeness (QED) is 0.803. The molecule has 0 saturated heterocycles. The van der Waals surface area contributed by atoms with Gasteiger partial charge in [0.1, 0.15) is 0 Å². The second-order valence-electron chi connectivity index (χ2n) is 3.58. The zero-order valence-electron chi connectivity index (χ0n) is 8.88. The summed E-state index contributed by atoms with van der Waals surface area (Å²) in [7, 11) is 3.85. The second-order valence-corrected chi connectivity index (χ2v) is 3.58. The molecule has 4 heteroatoms. The molecule has 0 fully saturated rings. The third kappa shape index (κ3) is 1.79. The molecule has 0 spiro atoms. The lowest BCUT2D eigenvalue weighted by Crippen LogP contribution is -2.11. The number of hydrogen-bond acceptors (Lipinski definition) is 3. The smallest absolute Gasteiger partial charge is 0.173 e. The summed E-state index contributed by atoms with van der Waals surface area (Å²) in [6.07, 6.45) is 1.82. The van der Waals surface area contributed by atoms with Crippen LogP contribution in [0, 0.1) is 0 Å². The number of anilines is 2. The topological polar surface area (TPSA) is 47.1 Å². The van der Waals surface area contributed by atoms with Crippen molar-refractivity contribution in [1.29, 1.82) is 0 Å². The zero-order chi connectivity index (χ0) is 10.8. The molecule has 0 saturated carbocycles. The molecule has 2 rings (SSSR count). The summed E-state index contributed by atoms with van der Waals surface area (Å²) in [5.41, 5.74) is 7.55. The van der Waals surface area contributed by atoms with E-state index in [1.165, 1.54) is 0 Å². The molecule has 78 valence electrons. The van der Waals surface area contributed by atoms with Gasteiger partial charge in [-0.2, -0.15) is 0 Å². The van der Waals surface area contributed by atoms with Gasteiger partial charge in [-0.25, -0.2) is 4.68 Å². The van der Waals surface area contributed by atoms with Gasteiger partial charge in [0.05, 0.1) is 17.6 Å². The van der Waals surface area contributed by atoms with Crippen LogP contribution in [0.5, 0.6) is 0 Å². The summed E-state index contributed by atoms with van der Waals surface area (Å²) >= 11 is 0. The SMILES string of the molecule is CN(C)c1nn(-c2ccccc2)cc1N. The lowest BCUT2D eigenvalue weighted by Gasteiger charge is -2.08. The second kappa shape index (κ2) is 3.65. The van der Waals surface area contributed by atoms with Crippen molar-refractivity contribution in [3.8, 4) is 5.69 Å². The molecule has 1 aromatic heterocycles. The molecule has 0 bridgehead atoms.